The molecule has 0 aromatic heterocycles. The summed E-state index contributed by atoms with van der Waals surface area (Å²) < 4.78 is 18.1. The molecule has 15 heavy (non-hydrogen) atoms. The fourth-order valence-electron chi connectivity index (χ4n) is 1.93. The first-order valence-corrected chi connectivity index (χ1v) is 5.26. The Kier molecular flexibility index (Phi) is 3.03. The van der Waals surface area contributed by atoms with Gasteiger partial charge >= 0.3 is 0 Å². The van der Waals surface area contributed by atoms with Gasteiger partial charge in [-0.2, -0.15) is 0 Å². The Bertz CT molecular complexity index is 321. The molecule has 2 unspecified atom stereocenters. The number of halogens is 1. The van der Waals surface area contributed by atoms with Gasteiger partial charge in [0.25, 0.3) is 0 Å². The maximum Gasteiger partial charge on any atom is 0.123 e. The molecule has 1 fully saturated rings. The molecule has 1 aromatic carbocycles. The van der Waals surface area contributed by atoms with Crippen LogP contribution in [0.15, 0.2) is 24.3 Å². The molecule has 82 valence electrons. The van der Waals surface area contributed by atoms with Crippen LogP contribution in [-0.4, -0.2) is 13.2 Å². The highest BCUT2D eigenvalue weighted by Crippen LogP contribution is 2.38. The average Bonchev–Trinajstić information content (AvgIpc) is 3.04. The number of nitrogens with two attached hydrogens (primary N) is 1. The van der Waals surface area contributed by atoms with Crippen LogP contribution in [0.5, 0.6) is 0 Å². The zero-order valence-corrected chi connectivity index (χ0v) is 8.82. The monoisotopic (exact) mass is 209 g/mol. The fraction of sp³-hybridized carbons (Fsp3) is 0.500. The molecule has 0 saturated heterocycles. The van der Waals surface area contributed by atoms with Crippen molar-refractivity contribution in [3.8, 4) is 0 Å². The first kappa shape index (κ1) is 10.6. The molecule has 1 saturated carbocycles. The molecule has 0 aliphatic heterocycles. The van der Waals surface area contributed by atoms with Crippen molar-refractivity contribution in [2.75, 3.05) is 7.11 Å². The number of hydrogen-bond acceptors (Lipinski definition) is 2. The van der Waals surface area contributed by atoms with Crippen LogP contribution in [0.4, 0.5) is 4.39 Å². The summed E-state index contributed by atoms with van der Waals surface area (Å²) in [4.78, 5) is 0. The van der Waals surface area contributed by atoms with Crippen LogP contribution in [0.25, 0.3) is 0 Å². The summed E-state index contributed by atoms with van der Waals surface area (Å²) in [6, 6.07) is 6.19. The lowest BCUT2D eigenvalue weighted by Gasteiger charge is -2.22. The first-order valence-electron chi connectivity index (χ1n) is 5.26. The predicted octanol–water partition coefficient (Wildman–Crippen LogP) is 2.25. The van der Waals surface area contributed by atoms with E-state index in [1.54, 1.807) is 19.2 Å². The van der Waals surface area contributed by atoms with E-state index in [4.69, 9.17) is 10.5 Å². The summed E-state index contributed by atoms with van der Waals surface area (Å²) in [6.07, 6.45) is 2.44. The van der Waals surface area contributed by atoms with E-state index >= 15 is 0 Å². The van der Waals surface area contributed by atoms with Crippen molar-refractivity contribution < 1.29 is 9.13 Å². The highest BCUT2D eigenvalue weighted by atomic mass is 19.1. The van der Waals surface area contributed by atoms with Crippen molar-refractivity contribution in [2.45, 2.75) is 25.0 Å². The van der Waals surface area contributed by atoms with Crippen molar-refractivity contribution in [2.24, 2.45) is 11.7 Å². The van der Waals surface area contributed by atoms with Gasteiger partial charge in [0.2, 0.25) is 0 Å². The summed E-state index contributed by atoms with van der Waals surface area (Å²) in [5.74, 6) is 0.349. The molecule has 0 amide bonds. The van der Waals surface area contributed by atoms with E-state index in [0.29, 0.717) is 5.92 Å². The van der Waals surface area contributed by atoms with Crippen LogP contribution >= 0.6 is 0 Å². The number of ether oxygens (including phenoxy) is 1. The Morgan fingerprint density at radius 1 is 1.33 bits per heavy atom. The molecule has 2 nitrogen and oxygen atoms in total. The highest BCUT2D eigenvalue weighted by molar-refractivity contribution is 5.21. The minimum atomic E-state index is -0.230. The summed E-state index contributed by atoms with van der Waals surface area (Å²) in [5.41, 5.74) is 7.03. The van der Waals surface area contributed by atoms with Gasteiger partial charge in [-0.3, -0.25) is 0 Å². The van der Waals surface area contributed by atoms with E-state index in [9.17, 15) is 4.39 Å². The van der Waals surface area contributed by atoms with Crippen LogP contribution < -0.4 is 5.73 Å². The fourth-order valence-corrected chi connectivity index (χ4v) is 1.93. The Balaban J connectivity index is 2.11. The summed E-state index contributed by atoms with van der Waals surface area (Å²) in [6.45, 7) is 0. The van der Waals surface area contributed by atoms with E-state index in [1.807, 2.05) is 0 Å². The average molecular weight is 209 g/mol. The zero-order valence-electron chi connectivity index (χ0n) is 8.82. The van der Waals surface area contributed by atoms with Gasteiger partial charge in [0, 0.05) is 7.11 Å². The van der Waals surface area contributed by atoms with E-state index < -0.39 is 0 Å². The normalized spacial score (nSPS) is 19.9. The van der Waals surface area contributed by atoms with E-state index in [1.165, 1.54) is 25.0 Å². The van der Waals surface area contributed by atoms with Crippen molar-refractivity contribution in [3.05, 3.63) is 35.6 Å². The molecular formula is C12H16FNO. The van der Waals surface area contributed by atoms with Gasteiger partial charge in [-0.05, 0) is 36.5 Å². The molecule has 1 aliphatic rings. The van der Waals surface area contributed by atoms with Gasteiger partial charge < -0.3 is 10.5 Å². The summed E-state index contributed by atoms with van der Waals surface area (Å²) in [7, 11) is 1.69. The SMILES string of the molecule is COC(C1CC1)C(N)c1ccc(F)cc1. The molecule has 0 radical (unpaired) electrons. The maximum absolute atomic E-state index is 12.7. The third-order valence-corrected chi connectivity index (χ3v) is 2.97. The van der Waals surface area contributed by atoms with Gasteiger partial charge in [-0.1, -0.05) is 12.1 Å². The quantitative estimate of drug-likeness (QED) is 0.825. The second-order valence-electron chi connectivity index (χ2n) is 4.12. The van der Waals surface area contributed by atoms with Crippen LogP contribution in [0.3, 0.4) is 0 Å². The minimum Gasteiger partial charge on any atom is -0.379 e. The Labute approximate surface area is 89.2 Å². The lowest BCUT2D eigenvalue weighted by molar-refractivity contribution is 0.0624. The molecule has 2 atom stereocenters. The van der Waals surface area contributed by atoms with Crippen LogP contribution in [0, 0.1) is 11.7 Å². The van der Waals surface area contributed by atoms with Gasteiger partial charge in [0.15, 0.2) is 0 Å². The van der Waals surface area contributed by atoms with E-state index in [-0.39, 0.29) is 18.0 Å². The summed E-state index contributed by atoms with van der Waals surface area (Å²) >= 11 is 0. The van der Waals surface area contributed by atoms with Crippen LogP contribution in [0.2, 0.25) is 0 Å². The molecular weight excluding hydrogens is 193 g/mol. The standard InChI is InChI=1S/C12H16FNO/c1-15-12(9-2-3-9)11(14)8-4-6-10(13)7-5-8/h4-7,9,11-12H,2-3,14H2,1H3. The van der Waals surface area contributed by atoms with E-state index in [2.05, 4.69) is 0 Å². The minimum absolute atomic E-state index is 0.0652. The van der Waals surface area contributed by atoms with Gasteiger partial charge in [-0.25, -0.2) is 4.39 Å². The van der Waals surface area contributed by atoms with Crippen molar-refractivity contribution in [3.63, 3.8) is 0 Å². The van der Waals surface area contributed by atoms with Gasteiger partial charge in [0.1, 0.15) is 5.82 Å². The zero-order chi connectivity index (χ0) is 10.8. The predicted molar refractivity (Wildman–Crippen MR) is 56.8 cm³/mol. The second kappa shape index (κ2) is 4.29. The van der Waals surface area contributed by atoms with Crippen molar-refractivity contribution in [1.82, 2.24) is 0 Å². The Morgan fingerprint density at radius 2 is 1.93 bits per heavy atom. The Hall–Kier alpha value is -0.930. The maximum atomic E-state index is 12.7. The van der Waals surface area contributed by atoms with Gasteiger partial charge in [0.05, 0.1) is 12.1 Å². The second-order valence-corrected chi connectivity index (χ2v) is 4.12. The summed E-state index contributed by atoms with van der Waals surface area (Å²) in [5, 5.41) is 0. The van der Waals surface area contributed by atoms with Crippen LogP contribution in [-0.2, 0) is 4.74 Å². The molecule has 0 bridgehead atoms. The topological polar surface area (TPSA) is 35.2 Å². The smallest absolute Gasteiger partial charge is 0.123 e. The van der Waals surface area contributed by atoms with E-state index in [0.717, 1.165) is 5.56 Å². The first-order chi connectivity index (χ1) is 7.22. The molecule has 1 aliphatic carbocycles. The Morgan fingerprint density at radius 3 is 2.40 bits per heavy atom. The third kappa shape index (κ3) is 2.36. The number of hydrogen-bond donors (Lipinski definition) is 1. The van der Waals surface area contributed by atoms with Crippen molar-refractivity contribution >= 4 is 0 Å². The van der Waals surface area contributed by atoms with Crippen LogP contribution in [0.1, 0.15) is 24.4 Å². The lowest BCUT2D eigenvalue weighted by atomic mass is 9.99. The highest BCUT2D eigenvalue weighted by Gasteiger charge is 2.35. The molecule has 3 heteroatoms. The molecule has 0 spiro atoms. The lowest BCUT2D eigenvalue weighted by Crippen LogP contribution is -2.29. The van der Waals surface area contributed by atoms with Crippen molar-refractivity contribution in [1.29, 1.82) is 0 Å². The van der Waals surface area contributed by atoms with Gasteiger partial charge in [-0.15, -0.1) is 0 Å². The molecule has 2 rings (SSSR count). The number of methoxy groups -OCH3 is 1. The molecule has 2 N–H and O–H groups in total. The largest absolute Gasteiger partial charge is 0.379 e. The molecule has 1 aromatic rings. The number of benzene rings is 1. The number of rotatable bonds is 4. The molecule has 0 heterocycles. The third-order valence-electron chi connectivity index (χ3n) is 2.97.